The van der Waals surface area contributed by atoms with Gasteiger partial charge in [-0.2, -0.15) is 0 Å². The molecular formula is C12H16ClFN2. The Bertz CT molecular complexity index is 362. The van der Waals surface area contributed by atoms with Gasteiger partial charge in [0.2, 0.25) is 0 Å². The molecule has 0 aliphatic heterocycles. The summed E-state index contributed by atoms with van der Waals surface area (Å²) in [4.78, 5) is 3.90. The molecule has 1 aliphatic carbocycles. The second-order valence-corrected chi connectivity index (χ2v) is 5.04. The van der Waals surface area contributed by atoms with Crippen LogP contribution < -0.4 is 5.73 Å². The van der Waals surface area contributed by atoms with Crippen LogP contribution in [0.25, 0.3) is 0 Å². The largest absolute Gasteiger partial charge is 0.328 e. The molecule has 1 fully saturated rings. The van der Waals surface area contributed by atoms with Crippen LogP contribution in [0.5, 0.6) is 0 Å². The summed E-state index contributed by atoms with van der Waals surface area (Å²) in [5.74, 6) is 0. The average molecular weight is 243 g/mol. The molecule has 1 heterocycles. The summed E-state index contributed by atoms with van der Waals surface area (Å²) < 4.78 is 14.5. The van der Waals surface area contributed by atoms with Gasteiger partial charge in [0, 0.05) is 24.9 Å². The fourth-order valence-electron chi connectivity index (χ4n) is 2.22. The Balaban J connectivity index is 2.07. The van der Waals surface area contributed by atoms with Crippen molar-refractivity contribution in [2.75, 3.05) is 0 Å². The van der Waals surface area contributed by atoms with Gasteiger partial charge >= 0.3 is 0 Å². The van der Waals surface area contributed by atoms with Gasteiger partial charge in [0.25, 0.3) is 0 Å². The summed E-state index contributed by atoms with van der Waals surface area (Å²) in [6, 6.07) is 1.95. The number of pyridine rings is 1. The molecule has 0 saturated heterocycles. The van der Waals surface area contributed by atoms with Crippen LogP contribution >= 0.6 is 11.6 Å². The molecule has 0 bridgehead atoms. The standard InChI is InChI=1S/C12H16ClFN2/c13-11-8-16-6-3-9(11)7-12(14)4-1-10(15)2-5-12/h3,6,8,10H,1-2,4-5,7,15H2. The van der Waals surface area contributed by atoms with Gasteiger partial charge < -0.3 is 5.73 Å². The molecule has 2 nitrogen and oxygen atoms in total. The molecule has 88 valence electrons. The van der Waals surface area contributed by atoms with Crippen molar-refractivity contribution in [1.82, 2.24) is 4.98 Å². The summed E-state index contributed by atoms with van der Waals surface area (Å²) in [5.41, 5.74) is 5.48. The predicted octanol–water partition coefficient (Wildman–Crippen LogP) is 2.89. The minimum absolute atomic E-state index is 0.164. The molecule has 2 N–H and O–H groups in total. The molecule has 1 saturated carbocycles. The zero-order chi connectivity index (χ0) is 11.6. The smallest absolute Gasteiger partial charge is 0.115 e. The number of nitrogens with zero attached hydrogens (tertiary/aromatic N) is 1. The molecule has 0 unspecified atom stereocenters. The van der Waals surface area contributed by atoms with Crippen molar-refractivity contribution in [3.8, 4) is 0 Å². The van der Waals surface area contributed by atoms with Crippen LogP contribution in [0.2, 0.25) is 5.02 Å². The summed E-state index contributed by atoms with van der Waals surface area (Å²) in [6.45, 7) is 0. The van der Waals surface area contributed by atoms with E-state index in [4.69, 9.17) is 17.3 Å². The fraction of sp³-hybridized carbons (Fsp3) is 0.583. The predicted molar refractivity (Wildman–Crippen MR) is 63.2 cm³/mol. The van der Waals surface area contributed by atoms with Crippen LogP contribution in [0.15, 0.2) is 18.5 Å². The SMILES string of the molecule is NC1CCC(F)(Cc2ccncc2Cl)CC1. The van der Waals surface area contributed by atoms with E-state index in [0.717, 1.165) is 18.4 Å². The minimum Gasteiger partial charge on any atom is -0.328 e. The van der Waals surface area contributed by atoms with Gasteiger partial charge in [-0.3, -0.25) is 4.98 Å². The molecule has 0 radical (unpaired) electrons. The number of nitrogens with two attached hydrogens (primary N) is 1. The Morgan fingerprint density at radius 2 is 2.19 bits per heavy atom. The van der Waals surface area contributed by atoms with Gasteiger partial charge in [0.1, 0.15) is 5.67 Å². The lowest BCUT2D eigenvalue weighted by Crippen LogP contribution is -2.37. The molecule has 1 aliphatic rings. The summed E-state index contributed by atoms with van der Waals surface area (Å²) >= 11 is 5.98. The quantitative estimate of drug-likeness (QED) is 0.866. The van der Waals surface area contributed by atoms with Crippen LogP contribution in [0.4, 0.5) is 4.39 Å². The molecule has 4 heteroatoms. The van der Waals surface area contributed by atoms with Crippen LogP contribution in [-0.2, 0) is 6.42 Å². The lowest BCUT2D eigenvalue weighted by Gasteiger charge is -2.32. The molecule has 0 atom stereocenters. The number of rotatable bonds is 2. The number of halogens is 2. The van der Waals surface area contributed by atoms with E-state index in [1.807, 2.05) is 0 Å². The second-order valence-electron chi connectivity index (χ2n) is 4.63. The maximum absolute atomic E-state index is 14.5. The first-order valence-corrected chi connectivity index (χ1v) is 6.00. The van der Waals surface area contributed by atoms with Crippen LogP contribution in [0, 0.1) is 0 Å². The van der Waals surface area contributed by atoms with Crippen LogP contribution in [-0.4, -0.2) is 16.7 Å². The molecule has 0 amide bonds. The number of aromatic nitrogens is 1. The molecule has 0 aromatic carbocycles. The van der Waals surface area contributed by atoms with Crippen molar-refractivity contribution in [3.63, 3.8) is 0 Å². The van der Waals surface area contributed by atoms with Crippen molar-refractivity contribution in [1.29, 1.82) is 0 Å². The Hall–Kier alpha value is -0.670. The Kier molecular flexibility index (Phi) is 3.45. The zero-order valence-electron chi connectivity index (χ0n) is 9.13. The van der Waals surface area contributed by atoms with Crippen molar-refractivity contribution in [2.45, 2.75) is 43.8 Å². The molecule has 16 heavy (non-hydrogen) atoms. The summed E-state index contributed by atoms with van der Waals surface area (Å²) in [5, 5.41) is 0.550. The lowest BCUT2D eigenvalue weighted by molar-refractivity contribution is 0.0995. The van der Waals surface area contributed by atoms with Gasteiger partial charge in [0.05, 0.1) is 5.02 Å². The maximum atomic E-state index is 14.5. The third-order valence-electron chi connectivity index (χ3n) is 3.29. The van der Waals surface area contributed by atoms with E-state index in [9.17, 15) is 4.39 Å². The van der Waals surface area contributed by atoms with Gasteiger partial charge in [-0.05, 0) is 37.3 Å². The highest BCUT2D eigenvalue weighted by molar-refractivity contribution is 6.31. The fourth-order valence-corrected chi connectivity index (χ4v) is 2.41. The first-order chi connectivity index (χ1) is 7.59. The van der Waals surface area contributed by atoms with Gasteiger partial charge in [0.15, 0.2) is 0 Å². The zero-order valence-corrected chi connectivity index (χ0v) is 9.88. The molecule has 2 rings (SSSR count). The summed E-state index contributed by atoms with van der Waals surface area (Å²) in [6.07, 6.45) is 6.19. The van der Waals surface area contributed by atoms with Gasteiger partial charge in [-0.15, -0.1) is 0 Å². The highest BCUT2D eigenvalue weighted by Crippen LogP contribution is 2.35. The first kappa shape index (κ1) is 11.8. The van der Waals surface area contributed by atoms with Crippen molar-refractivity contribution >= 4 is 11.6 Å². The van der Waals surface area contributed by atoms with E-state index in [2.05, 4.69) is 4.98 Å². The van der Waals surface area contributed by atoms with Crippen molar-refractivity contribution < 1.29 is 4.39 Å². The van der Waals surface area contributed by atoms with E-state index in [1.165, 1.54) is 0 Å². The summed E-state index contributed by atoms with van der Waals surface area (Å²) in [7, 11) is 0. The van der Waals surface area contributed by atoms with E-state index in [-0.39, 0.29) is 6.04 Å². The highest BCUT2D eigenvalue weighted by Gasteiger charge is 2.34. The third-order valence-corrected chi connectivity index (χ3v) is 3.63. The van der Waals surface area contributed by atoms with Gasteiger partial charge in [-0.25, -0.2) is 4.39 Å². The van der Waals surface area contributed by atoms with Crippen molar-refractivity contribution in [3.05, 3.63) is 29.0 Å². The topological polar surface area (TPSA) is 38.9 Å². The minimum atomic E-state index is -1.14. The van der Waals surface area contributed by atoms with E-state index >= 15 is 0 Å². The number of alkyl halides is 1. The first-order valence-electron chi connectivity index (χ1n) is 5.62. The van der Waals surface area contributed by atoms with Gasteiger partial charge in [-0.1, -0.05) is 11.6 Å². The molecule has 0 spiro atoms. The third kappa shape index (κ3) is 2.71. The Morgan fingerprint density at radius 1 is 1.50 bits per heavy atom. The Morgan fingerprint density at radius 3 is 2.81 bits per heavy atom. The van der Waals surface area contributed by atoms with Crippen molar-refractivity contribution in [2.24, 2.45) is 5.73 Å². The maximum Gasteiger partial charge on any atom is 0.115 e. The number of hydrogen-bond donors (Lipinski definition) is 1. The van der Waals surface area contributed by atoms with E-state index in [1.54, 1.807) is 18.5 Å². The van der Waals surface area contributed by atoms with E-state index in [0.29, 0.717) is 24.3 Å². The molecule has 1 aromatic rings. The second kappa shape index (κ2) is 4.68. The normalized spacial score (nSPS) is 30.3. The number of hydrogen-bond acceptors (Lipinski definition) is 2. The monoisotopic (exact) mass is 242 g/mol. The Labute approximate surface area is 100 Å². The molecular weight excluding hydrogens is 227 g/mol. The lowest BCUT2D eigenvalue weighted by atomic mass is 9.80. The van der Waals surface area contributed by atoms with Crippen LogP contribution in [0.3, 0.4) is 0 Å². The van der Waals surface area contributed by atoms with Crippen LogP contribution in [0.1, 0.15) is 31.2 Å². The highest BCUT2D eigenvalue weighted by atomic mass is 35.5. The molecule has 1 aromatic heterocycles. The average Bonchev–Trinajstić information content (AvgIpc) is 2.27. The van der Waals surface area contributed by atoms with E-state index < -0.39 is 5.67 Å².